The smallest absolute Gasteiger partial charge is 0.0703 e. The molecule has 1 atom stereocenters. The van der Waals surface area contributed by atoms with Gasteiger partial charge in [0.05, 0.1) is 5.60 Å². The molecule has 0 aromatic heterocycles. The van der Waals surface area contributed by atoms with E-state index in [1.165, 1.54) is 70.6 Å². The van der Waals surface area contributed by atoms with Crippen LogP contribution in [0.1, 0.15) is 104 Å². The monoisotopic (exact) mass is 268 g/mol. The van der Waals surface area contributed by atoms with Gasteiger partial charge in [0, 0.05) is 0 Å². The second-order valence-corrected chi connectivity index (χ2v) is 6.83. The Balaban J connectivity index is 2.84. The zero-order valence-electron chi connectivity index (χ0n) is 13.6. The van der Waals surface area contributed by atoms with Gasteiger partial charge in [0.2, 0.25) is 0 Å². The highest BCUT2D eigenvalue weighted by Gasteiger charge is 2.49. The van der Waals surface area contributed by atoms with Gasteiger partial charge in [0.15, 0.2) is 0 Å². The molecule has 1 aliphatic carbocycles. The molecule has 0 spiro atoms. The first-order valence-corrected chi connectivity index (χ1v) is 8.86. The minimum Gasteiger partial charge on any atom is -0.389 e. The molecule has 1 heteroatoms. The second-order valence-electron chi connectivity index (χ2n) is 6.83. The van der Waals surface area contributed by atoms with E-state index < -0.39 is 0 Å². The average molecular weight is 268 g/mol. The van der Waals surface area contributed by atoms with Gasteiger partial charge in [-0.15, -0.1) is 0 Å². The fraction of sp³-hybridized carbons (Fsp3) is 1.00. The van der Waals surface area contributed by atoms with E-state index in [-0.39, 0.29) is 11.0 Å². The maximum Gasteiger partial charge on any atom is 0.0703 e. The van der Waals surface area contributed by atoms with Crippen LogP contribution >= 0.6 is 0 Å². The Morgan fingerprint density at radius 2 is 1.21 bits per heavy atom. The number of hydrogen-bond donors (Lipinski definition) is 1. The Morgan fingerprint density at radius 3 is 1.74 bits per heavy atom. The maximum atomic E-state index is 11.4. The van der Waals surface area contributed by atoms with Gasteiger partial charge in [-0.3, -0.25) is 0 Å². The van der Waals surface area contributed by atoms with E-state index in [4.69, 9.17) is 0 Å². The van der Waals surface area contributed by atoms with Crippen LogP contribution in [0, 0.1) is 5.41 Å². The molecular weight excluding hydrogens is 232 g/mol. The normalized spacial score (nSPS) is 26.5. The zero-order chi connectivity index (χ0) is 14.2. The van der Waals surface area contributed by atoms with Crippen LogP contribution in [0.4, 0.5) is 0 Å². The number of rotatable bonds is 9. The van der Waals surface area contributed by atoms with Crippen molar-refractivity contribution >= 4 is 0 Å². The summed E-state index contributed by atoms with van der Waals surface area (Å²) in [6.45, 7) is 6.80. The molecule has 1 saturated carbocycles. The van der Waals surface area contributed by atoms with E-state index in [0.717, 1.165) is 12.8 Å². The van der Waals surface area contributed by atoms with Crippen molar-refractivity contribution in [1.82, 2.24) is 0 Å². The molecule has 19 heavy (non-hydrogen) atoms. The van der Waals surface area contributed by atoms with Crippen LogP contribution in [0.5, 0.6) is 0 Å². The molecule has 0 bridgehead atoms. The summed E-state index contributed by atoms with van der Waals surface area (Å²) in [5, 5.41) is 11.4. The Labute approximate surface area is 121 Å². The Kier molecular flexibility index (Phi) is 7.42. The van der Waals surface area contributed by atoms with E-state index in [1.807, 2.05) is 0 Å². The largest absolute Gasteiger partial charge is 0.389 e. The van der Waals surface area contributed by atoms with Gasteiger partial charge in [-0.05, 0) is 37.5 Å². The molecule has 0 aliphatic heterocycles. The van der Waals surface area contributed by atoms with Gasteiger partial charge in [0.25, 0.3) is 0 Å². The predicted molar refractivity (Wildman–Crippen MR) is 84.4 cm³/mol. The molecule has 114 valence electrons. The van der Waals surface area contributed by atoms with Crippen LogP contribution in [-0.4, -0.2) is 10.7 Å². The van der Waals surface area contributed by atoms with Gasteiger partial charge < -0.3 is 5.11 Å². The molecule has 0 saturated heterocycles. The number of hydrogen-bond acceptors (Lipinski definition) is 1. The summed E-state index contributed by atoms with van der Waals surface area (Å²) in [4.78, 5) is 0. The van der Waals surface area contributed by atoms with Gasteiger partial charge in [-0.1, -0.05) is 72.1 Å². The van der Waals surface area contributed by atoms with Gasteiger partial charge >= 0.3 is 0 Å². The van der Waals surface area contributed by atoms with E-state index in [0.29, 0.717) is 0 Å². The molecule has 0 radical (unpaired) electrons. The first-order valence-electron chi connectivity index (χ1n) is 8.86. The average Bonchev–Trinajstić information content (AvgIpc) is 2.43. The van der Waals surface area contributed by atoms with Gasteiger partial charge in [-0.25, -0.2) is 0 Å². The van der Waals surface area contributed by atoms with Crippen LogP contribution in [0.15, 0.2) is 0 Å². The topological polar surface area (TPSA) is 20.2 Å². The summed E-state index contributed by atoms with van der Waals surface area (Å²) in [6.07, 6.45) is 15.9. The molecule has 1 fully saturated rings. The second kappa shape index (κ2) is 8.29. The fourth-order valence-electron chi connectivity index (χ4n) is 4.11. The Morgan fingerprint density at radius 1 is 0.737 bits per heavy atom. The molecule has 1 unspecified atom stereocenters. The van der Waals surface area contributed by atoms with Crippen molar-refractivity contribution < 1.29 is 5.11 Å². The van der Waals surface area contributed by atoms with Gasteiger partial charge in [0.1, 0.15) is 0 Å². The van der Waals surface area contributed by atoms with Crippen LogP contribution < -0.4 is 0 Å². The van der Waals surface area contributed by atoms with Crippen molar-refractivity contribution in [3.05, 3.63) is 0 Å². The van der Waals surface area contributed by atoms with E-state index in [1.54, 1.807) is 0 Å². The standard InChI is InChI=1S/C18H36O/c1-4-7-12-17(13-8-5-2)14-10-11-16-18(17,19)15-9-6-3/h19H,4-16H2,1-3H3. The van der Waals surface area contributed by atoms with E-state index in [9.17, 15) is 5.11 Å². The molecule has 1 rings (SSSR count). The van der Waals surface area contributed by atoms with Crippen LogP contribution in [-0.2, 0) is 0 Å². The first kappa shape index (κ1) is 17.0. The summed E-state index contributed by atoms with van der Waals surface area (Å²) in [6, 6.07) is 0. The summed E-state index contributed by atoms with van der Waals surface area (Å²) >= 11 is 0. The predicted octanol–water partition coefficient (Wildman–Crippen LogP) is 5.85. The Hall–Kier alpha value is -0.0400. The van der Waals surface area contributed by atoms with Crippen LogP contribution in [0.25, 0.3) is 0 Å². The molecule has 1 nitrogen and oxygen atoms in total. The third-order valence-electron chi connectivity index (χ3n) is 5.44. The van der Waals surface area contributed by atoms with Crippen molar-refractivity contribution in [1.29, 1.82) is 0 Å². The van der Waals surface area contributed by atoms with Crippen LogP contribution in [0.2, 0.25) is 0 Å². The van der Waals surface area contributed by atoms with E-state index >= 15 is 0 Å². The SMILES string of the molecule is CCCCC1(O)CCCCC1(CCCC)CCCC. The van der Waals surface area contributed by atoms with Crippen molar-refractivity contribution in [2.24, 2.45) is 5.41 Å². The first-order chi connectivity index (χ1) is 9.14. The van der Waals surface area contributed by atoms with Crippen molar-refractivity contribution in [3.63, 3.8) is 0 Å². The van der Waals surface area contributed by atoms with Crippen molar-refractivity contribution in [2.75, 3.05) is 0 Å². The highest BCUT2D eigenvalue weighted by molar-refractivity contribution is 5.01. The van der Waals surface area contributed by atoms with Gasteiger partial charge in [-0.2, -0.15) is 0 Å². The molecular formula is C18H36O. The highest BCUT2D eigenvalue weighted by Crippen LogP contribution is 2.53. The minimum absolute atomic E-state index is 0.242. The Bertz CT molecular complexity index is 228. The molecule has 0 aromatic carbocycles. The lowest BCUT2D eigenvalue weighted by molar-refractivity contribution is -0.131. The molecule has 0 heterocycles. The summed E-state index contributed by atoms with van der Waals surface area (Å²) in [7, 11) is 0. The molecule has 0 aromatic rings. The summed E-state index contributed by atoms with van der Waals surface area (Å²) in [5.41, 5.74) is -0.113. The third kappa shape index (κ3) is 4.21. The number of unbranched alkanes of at least 4 members (excludes halogenated alkanes) is 3. The minimum atomic E-state index is -0.356. The van der Waals surface area contributed by atoms with Crippen molar-refractivity contribution in [2.45, 2.75) is 110 Å². The summed E-state index contributed by atoms with van der Waals surface area (Å²) < 4.78 is 0. The number of aliphatic hydroxyl groups is 1. The molecule has 1 aliphatic rings. The van der Waals surface area contributed by atoms with Crippen molar-refractivity contribution in [3.8, 4) is 0 Å². The lowest BCUT2D eigenvalue weighted by Gasteiger charge is -2.52. The molecule has 0 amide bonds. The molecule has 1 N–H and O–H groups in total. The fourth-order valence-corrected chi connectivity index (χ4v) is 4.11. The maximum absolute atomic E-state index is 11.4. The highest BCUT2D eigenvalue weighted by atomic mass is 16.3. The third-order valence-corrected chi connectivity index (χ3v) is 5.44. The van der Waals surface area contributed by atoms with E-state index in [2.05, 4.69) is 20.8 Å². The summed E-state index contributed by atoms with van der Waals surface area (Å²) in [5.74, 6) is 0. The lowest BCUT2D eigenvalue weighted by atomic mass is 9.57. The zero-order valence-corrected chi connectivity index (χ0v) is 13.6. The lowest BCUT2D eigenvalue weighted by Crippen LogP contribution is -2.50. The quantitative estimate of drug-likeness (QED) is 0.556. The van der Waals surface area contributed by atoms with Crippen LogP contribution in [0.3, 0.4) is 0 Å².